The number of carbonyl (C=O) groups is 1. The van der Waals surface area contributed by atoms with Crippen LogP contribution in [-0.4, -0.2) is 11.7 Å². The SMILES string of the molecule is Cc1cc(NC(=O)CSc2cccc3ccccc23)ccc1Cl. The zero-order valence-corrected chi connectivity index (χ0v) is 14.2. The molecule has 2 nitrogen and oxygen atoms in total. The van der Waals surface area contributed by atoms with Gasteiger partial charge < -0.3 is 5.32 Å². The summed E-state index contributed by atoms with van der Waals surface area (Å²) in [5.74, 6) is 0.347. The van der Waals surface area contributed by atoms with E-state index >= 15 is 0 Å². The molecule has 1 N–H and O–H groups in total. The van der Waals surface area contributed by atoms with Crippen molar-refractivity contribution in [2.24, 2.45) is 0 Å². The second-order valence-corrected chi connectivity index (χ2v) is 6.70. The monoisotopic (exact) mass is 341 g/mol. The molecular formula is C19H16ClNOS. The number of carbonyl (C=O) groups excluding carboxylic acids is 1. The molecule has 3 aromatic carbocycles. The molecule has 0 fully saturated rings. The van der Waals surface area contributed by atoms with Crippen LogP contribution in [0.2, 0.25) is 5.02 Å². The fourth-order valence-electron chi connectivity index (χ4n) is 2.38. The summed E-state index contributed by atoms with van der Waals surface area (Å²) in [7, 11) is 0. The van der Waals surface area contributed by atoms with Crippen LogP contribution in [0.5, 0.6) is 0 Å². The molecule has 0 aliphatic rings. The molecule has 0 spiro atoms. The number of halogens is 1. The highest BCUT2D eigenvalue weighted by atomic mass is 35.5. The average molecular weight is 342 g/mol. The number of nitrogens with one attached hydrogen (secondary N) is 1. The number of thioether (sulfide) groups is 1. The first-order valence-corrected chi connectivity index (χ1v) is 8.66. The van der Waals surface area contributed by atoms with Crippen LogP contribution in [-0.2, 0) is 4.79 Å². The van der Waals surface area contributed by atoms with Crippen LogP contribution < -0.4 is 5.32 Å². The van der Waals surface area contributed by atoms with Crippen molar-refractivity contribution in [2.75, 3.05) is 11.1 Å². The lowest BCUT2D eigenvalue weighted by Crippen LogP contribution is -2.14. The Kier molecular flexibility index (Phi) is 4.89. The van der Waals surface area contributed by atoms with Gasteiger partial charge in [0.25, 0.3) is 0 Å². The number of aryl methyl sites for hydroxylation is 1. The molecule has 0 saturated carbocycles. The molecule has 0 aromatic heterocycles. The van der Waals surface area contributed by atoms with Gasteiger partial charge in [-0.05, 0) is 47.5 Å². The van der Waals surface area contributed by atoms with Crippen LogP contribution in [0, 0.1) is 6.92 Å². The molecule has 0 heterocycles. The Balaban J connectivity index is 1.67. The fraction of sp³-hybridized carbons (Fsp3) is 0.105. The maximum atomic E-state index is 12.2. The highest BCUT2D eigenvalue weighted by Crippen LogP contribution is 2.28. The van der Waals surface area contributed by atoms with Crippen molar-refractivity contribution >= 4 is 45.7 Å². The second kappa shape index (κ2) is 7.07. The topological polar surface area (TPSA) is 29.1 Å². The molecule has 0 aliphatic carbocycles. The number of hydrogen-bond donors (Lipinski definition) is 1. The van der Waals surface area contributed by atoms with E-state index in [1.54, 1.807) is 17.8 Å². The Labute approximate surface area is 144 Å². The zero-order valence-electron chi connectivity index (χ0n) is 12.7. The summed E-state index contributed by atoms with van der Waals surface area (Å²) >= 11 is 7.54. The van der Waals surface area contributed by atoms with E-state index in [2.05, 4.69) is 23.5 Å². The molecule has 23 heavy (non-hydrogen) atoms. The minimum Gasteiger partial charge on any atom is -0.325 e. The van der Waals surface area contributed by atoms with Gasteiger partial charge in [0, 0.05) is 15.6 Å². The minimum atomic E-state index is -0.0235. The Morgan fingerprint density at radius 2 is 1.87 bits per heavy atom. The van der Waals surface area contributed by atoms with Crippen LogP contribution in [0.1, 0.15) is 5.56 Å². The Hall–Kier alpha value is -1.97. The summed E-state index contributed by atoms with van der Waals surface area (Å²) in [6, 6.07) is 19.8. The molecule has 4 heteroatoms. The van der Waals surface area contributed by atoms with Gasteiger partial charge in [0.1, 0.15) is 0 Å². The number of fused-ring (bicyclic) bond motifs is 1. The lowest BCUT2D eigenvalue weighted by Gasteiger charge is -2.08. The van der Waals surface area contributed by atoms with Crippen LogP contribution >= 0.6 is 23.4 Å². The Morgan fingerprint density at radius 3 is 2.70 bits per heavy atom. The van der Waals surface area contributed by atoms with E-state index in [4.69, 9.17) is 11.6 Å². The van der Waals surface area contributed by atoms with Crippen LogP contribution in [0.25, 0.3) is 10.8 Å². The van der Waals surface area contributed by atoms with Crippen molar-refractivity contribution in [1.82, 2.24) is 0 Å². The highest BCUT2D eigenvalue weighted by Gasteiger charge is 2.07. The van der Waals surface area contributed by atoms with Gasteiger partial charge in [0.05, 0.1) is 5.75 Å². The van der Waals surface area contributed by atoms with Gasteiger partial charge in [-0.2, -0.15) is 0 Å². The molecule has 0 atom stereocenters. The number of benzene rings is 3. The highest BCUT2D eigenvalue weighted by molar-refractivity contribution is 8.00. The Bertz CT molecular complexity index is 858. The standard InChI is InChI=1S/C19H16ClNOS/c1-13-11-15(9-10-17(13)20)21-19(22)12-23-18-8-4-6-14-5-2-3-7-16(14)18/h2-11H,12H2,1H3,(H,21,22). The van der Waals surface area contributed by atoms with Gasteiger partial charge in [0.15, 0.2) is 0 Å². The zero-order chi connectivity index (χ0) is 16.2. The Morgan fingerprint density at radius 1 is 1.09 bits per heavy atom. The van der Waals surface area contributed by atoms with Crippen LogP contribution in [0.3, 0.4) is 0 Å². The third kappa shape index (κ3) is 3.87. The summed E-state index contributed by atoms with van der Waals surface area (Å²) in [6.45, 7) is 1.92. The summed E-state index contributed by atoms with van der Waals surface area (Å²) in [5, 5.41) is 5.97. The maximum Gasteiger partial charge on any atom is 0.234 e. The smallest absolute Gasteiger partial charge is 0.234 e. The third-order valence-electron chi connectivity index (χ3n) is 3.55. The van der Waals surface area contributed by atoms with Crippen molar-refractivity contribution in [3.8, 4) is 0 Å². The lowest BCUT2D eigenvalue weighted by atomic mass is 10.1. The molecule has 0 saturated heterocycles. The predicted molar refractivity (Wildman–Crippen MR) is 99.5 cm³/mol. The third-order valence-corrected chi connectivity index (χ3v) is 5.05. The lowest BCUT2D eigenvalue weighted by molar-refractivity contribution is -0.113. The fourth-order valence-corrected chi connectivity index (χ4v) is 3.38. The average Bonchev–Trinajstić information content (AvgIpc) is 2.56. The molecule has 0 bridgehead atoms. The van der Waals surface area contributed by atoms with Gasteiger partial charge in [0.2, 0.25) is 5.91 Å². The van der Waals surface area contributed by atoms with E-state index in [0.717, 1.165) is 16.1 Å². The molecule has 3 rings (SSSR count). The van der Waals surface area contributed by atoms with Crippen molar-refractivity contribution in [1.29, 1.82) is 0 Å². The summed E-state index contributed by atoms with van der Waals surface area (Å²) in [4.78, 5) is 13.3. The van der Waals surface area contributed by atoms with Gasteiger partial charge in [-0.15, -0.1) is 11.8 Å². The van der Waals surface area contributed by atoms with E-state index in [9.17, 15) is 4.79 Å². The predicted octanol–water partition coefficient (Wildman–Crippen LogP) is 5.53. The van der Waals surface area contributed by atoms with Gasteiger partial charge in [-0.25, -0.2) is 0 Å². The minimum absolute atomic E-state index is 0.0235. The van der Waals surface area contributed by atoms with Crippen molar-refractivity contribution < 1.29 is 4.79 Å². The van der Waals surface area contributed by atoms with Crippen molar-refractivity contribution in [3.05, 3.63) is 71.2 Å². The summed E-state index contributed by atoms with van der Waals surface area (Å²) in [5.41, 5.74) is 1.72. The van der Waals surface area contributed by atoms with Crippen LogP contribution in [0.15, 0.2) is 65.6 Å². The van der Waals surface area contributed by atoms with E-state index in [1.165, 1.54) is 10.8 Å². The molecule has 0 radical (unpaired) electrons. The van der Waals surface area contributed by atoms with Crippen molar-refractivity contribution in [2.45, 2.75) is 11.8 Å². The van der Waals surface area contributed by atoms with E-state index in [0.29, 0.717) is 10.8 Å². The van der Waals surface area contributed by atoms with E-state index in [1.807, 2.05) is 43.3 Å². The number of amides is 1. The van der Waals surface area contributed by atoms with E-state index in [-0.39, 0.29) is 5.91 Å². The summed E-state index contributed by atoms with van der Waals surface area (Å²) in [6.07, 6.45) is 0. The largest absolute Gasteiger partial charge is 0.325 e. The number of anilines is 1. The first-order chi connectivity index (χ1) is 11.1. The quantitative estimate of drug-likeness (QED) is 0.632. The molecule has 116 valence electrons. The normalized spacial score (nSPS) is 10.7. The van der Waals surface area contributed by atoms with Crippen LogP contribution in [0.4, 0.5) is 5.69 Å². The molecule has 3 aromatic rings. The second-order valence-electron chi connectivity index (χ2n) is 5.28. The van der Waals surface area contributed by atoms with Crippen molar-refractivity contribution in [3.63, 3.8) is 0 Å². The maximum absolute atomic E-state index is 12.2. The first-order valence-electron chi connectivity index (χ1n) is 7.30. The molecule has 1 amide bonds. The van der Waals surface area contributed by atoms with E-state index < -0.39 is 0 Å². The van der Waals surface area contributed by atoms with Gasteiger partial charge in [-0.3, -0.25) is 4.79 Å². The van der Waals surface area contributed by atoms with Gasteiger partial charge >= 0.3 is 0 Å². The molecular weight excluding hydrogens is 326 g/mol. The van der Waals surface area contributed by atoms with Gasteiger partial charge in [-0.1, -0.05) is 48.0 Å². The number of hydrogen-bond acceptors (Lipinski definition) is 2. The molecule has 0 aliphatic heterocycles. The molecule has 0 unspecified atom stereocenters. The summed E-state index contributed by atoms with van der Waals surface area (Å²) < 4.78 is 0. The number of rotatable bonds is 4. The first kappa shape index (κ1) is 15.9.